The van der Waals surface area contributed by atoms with E-state index in [-0.39, 0.29) is 0 Å². The Morgan fingerprint density at radius 3 is 2.71 bits per heavy atom. The van der Waals surface area contributed by atoms with Gasteiger partial charge in [0.2, 0.25) is 0 Å². The number of aromatic amines is 1. The van der Waals surface area contributed by atoms with Gasteiger partial charge < -0.3 is 4.74 Å². The largest absolute Gasteiger partial charge is 0.457 e. The van der Waals surface area contributed by atoms with Crippen LogP contribution in [0.5, 0.6) is 11.5 Å². The van der Waals surface area contributed by atoms with Crippen LogP contribution in [0.2, 0.25) is 0 Å². The van der Waals surface area contributed by atoms with Gasteiger partial charge in [0.25, 0.3) is 0 Å². The van der Waals surface area contributed by atoms with E-state index in [4.69, 9.17) is 4.74 Å². The first-order valence-corrected chi connectivity index (χ1v) is 9.49. The molecular weight excluding hydrogens is 352 g/mol. The summed E-state index contributed by atoms with van der Waals surface area (Å²) >= 11 is 0. The minimum atomic E-state index is 0.371. The predicted molar refractivity (Wildman–Crippen MR) is 106 cm³/mol. The highest BCUT2D eigenvalue weighted by molar-refractivity contribution is 5.81. The van der Waals surface area contributed by atoms with Crippen molar-refractivity contribution in [1.29, 1.82) is 0 Å². The molecule has 0 radical (unpaired) electrons. The SMILES string of the molecule is O=C1CC[C@@H](Cn2ncc3cc(Oc4ccc(-c5ccn[nH]5)cc4)ccc32)C1. The molecule has 1 aliphatic rings. The molecule has 6 nitrogen and oxygen atoms in total. The van der Waals surface area contributed by atoms with E-state index in [2.05, 4.69) is 15.3 Å². The number of nitrogens with one attached hydrogen (secondary N) is 1. The van der Waals surface area contributed by atoms with Crippen LogP contribution >= 0.6 is 0 Å². The molecule has 0 saturated heterocycles. The molecule has 2 heterocycles. The van der Waals surface area contributed by atoms with E-state index in [1.165, 1.54) is 0 Å². The molecule has 5 rings (SSSR count). The number of ketones is 1. The van der Waals surface area contributed by atoms with Crippen LogP contribution in [0.25, 0.3) is 22.2 Å². The number of nitrogens with zero attached hydrogens (tertiary/aromatic N) is 3. The maximum Gasteiger partial charge on any atom is 0.133 e. The van der Waals surface area contributed by atoms with Crippen molar-refractivity contribution < 1.29 is 9.53 Å². The second-order valence-electron chi connectivity index (χ2n) is 7.29. The number of ether oxygens (including phenoxy) is 1. The molecule has 1 saturated carbocycles. The standard InChI is InChI=1S/C22H20N4O2/c27-18-4-1-15(11-18)14-26-22-8-7-20(12-17(22)13-24-26)28-19-5-2-16(3-6-19)21-9-10-23-25-21/h2-3,5-10,12-13,15H,1,4,11,14H2,(H,23,25)/t15-/m1/s1. The van der Waals surface area contributed by atoms with Crippen molar-refractivity contribution in [1.82, 2.24) is 20.0 Å². The van der Waals surface area contributed by atoms with Gasteiger partial charge in [-0.25, -0.2) is 0 Å². The molecule has 28 heavy (non-hydrogen) atoms. The molecule has 6 heteroatoms. The normalized spacial score (nSPS) is 16.7. The number of benzene rings is 2. The molecule has 4 aromatic rings. The molecule has 2 aromatic carbocycles. The number of Topliss-reactive ketones (excluding diaryl/α,β-unsaturated/α-hetero) is 1. The van der Waals surface area contributed by atoms with Crippen molar-refractivity contribution >= 4 is 16.7 Å². The van der Waals surface area contributed by atoms with Crippen LogP contribution in [0.15, 0.2) is 60.9 Å². The second-order valence-corrected chi connectivity index (χ2v) is 7.29. The quantitative estimate of drug-likeness (QED) is 0.556. The lowest BCUT2D eigenvalue weighted by atomic mass is 10.1. The fraction of sp³-hybridized carbons (Fsp3) is 0.227. The van der Waals surface area contributed by atoms with E-state index in [1.807, 2.05) is 59.4 Å². The van der Waals surface area contributed by atoms with E-state index in [0.29, 0.717) is 24.5 Å². The molecule has 1 aliphatic carbocycles. The Morgan fingerprint density at radius 1 is 1.11 bits per heavy atom. The van der Waals surface area contributed by atoms with Crippen LogP contribution in [0.4, 0.5) is 0 Å². The van der Waals surface area contributed by atoms with Gasteiger partial charge in [-0.1, -0.05) is 0 Å². The number of hydrogen-bond donors (Lipinski definition) is 1. The van der Waals surface area contributed by atoms with Crippen LogP contribution < -0.4 is 4.74 Å². The Bertz CT molecular complexity index is 1110. The molecule has 0 amide bonds. The van der Waals surface area contributed by atoms with Gasteiger partial charge in [-0.05, 0) is 66.4 Å². The van der Waals surface area contributed by atoms with Gasteiger partial charge in [-0.3, -0.25) is 14.6 Å². The number of aromatic nitrogens is 4. The molecule has 2 aromatic heterocycles. The number of hydrogen-bond acceptors (Lipinski definition) is 4. The number of carbonyl (C=O) groups excluding carboxylic acids is 1. The molecule has 1 N–H and O–H groups in total. The maximum absolute atomic E-state index is 11.5. The summed E-state index contributed by atoms with van der Waals surface area (Å²) in [6.07, 6.45) is 5.95. The number of H-pyrrole nitrogens is 1. The van der Waals surface area contributed by atoms with Gasteiger partial charge >= 0.3 is 0 Å². The summed E-state index contributed by atoms with van der Waals surface area (Å²) in [4.78, 5) is 11.5. The summed E-state index contributed by atoms with van der Waals surface area (Å²) in [5, 5.41) is 12.5. The molecule has 0 bridgehead atoms. The smallest absolute Gasteiger partial charge is 0.133 e. The third-order valence-corrected chi connectivity index (χ3v) is 5.29. The molecule has 0 aliphatic heterocycles. The molecular formula is C22H20N4O2. The third kappa shape index (κ3) is 3.29. The Balaban J connectivity index is 1.32. The molecule has 0 unspecified atom stereocenters. The van der Waals surface area contributed by atoms with Crippen LogP contribution in [-0.2, 0) is 11.3 Å². The van der Waals surface area contributed by atoms with Crippen molar-refractivity contribution in [3.05, 3.63) is 60.9 Å². The summed E-state index contributed by atoms with van der Waals surface area (Å²) in [7, 11) is 0. The topological polar surface area (TPSA) is 72.8 Å². The first-order chi connectivity index (χ1) is 13.7. The minimum absolute atomic E-state index is 0.371. The lowest BCUT2D eigenvalue weighted by Crippen LogP contribution is -2.09. The van der Waals surface area contributed by atoms with Gasteiger partial charge in [0.1, 0.15) is 17.3 Å². The Kier molecular flexibility index (Phi) is 4.16. The zero-order chi connectivity index (χ0) is 18.9. The molecule has 1 atom stereocenters. The summed E-state index contributed by atoms with van der Waals surface area (Å²) in [6, 6.07) is 15.8. The molecule has 0 spiro atoms. The Labute approximate surface area is 162 Å². The monoisotopic (exact) mass is 372 g/mol. The summed E-state index contributed by atoms with van der Waals surface area (Å²) in [6.45, 7) is 0.796. The first kappa shape index (κ1) is 16.7. The zero-order valence-electron chi connectivity index (χ0n) is 15.3. The lowest BCUT2D eigenvalue weighted by molar-refractivity contribution is -0.117. The van der Waals surface area contributed by atoms with Crippen LogP contribution in [-0.4, -0.2) is 25.8 Å². The van der Waals surface area contributed by atoms with Crippen molar-refractivity contribution in [2.24, 2.45) is 5.92 Å². The van der Waals surface area contributed by atoms with Crippen molar-refractivity contribution in [3.8, 4) is 22.8 Å². The van der Waals surface area contributed by atoms with E-state index in [0.717, 1.165) is 46.6 Å². The minimum Gasteiger partial charge on any atom is -0.457 e. The highest BCUT2D eigenvalue weighted by Crippen LogP contribution is 2.29. The van der Waals surface area contributed by atoms with E-state index in [1.54, 1.807) is 6.20 Å². The van der Waals surface area contributed by atoms with Crippen molar-refractivity contribution in [2.45, 2.75) is 25.8 Å². The van der Waals surface area contributed by atoms with Gasteiger partial charge in [0, 0.05) is 31.0 Å². The van der Waals surface area contributed by atoms with E-state index < -0.39 is 0 Å². The Hall–Kier alpha value is -3.41. The summed E-state index contributed by atoms with van der Waals surface area (Å²) < 4.78 is 8.01. The van der Waals surface area contributed by atoms with Crippen molar-refractivity contribution in [2.75, 3.05) is 0 Å². The zero-order valence-corrected chi connectivity index (χ0v) is 15.3. The van der Waals surface area contributed by atoms with Gasteiger partial charge in [-0.2, -0.15) is 10.2 Å². The second kappa shape index (κ2) is 6.96. The number of rotatable bonds is 5. The fourth-order valence-electron chi connectivity index (χ4n) is 3.82. The van der Waals surface area contributed by atoms with Gasteiger partial charge in [-0.15, -0.1) is 0 Å². The van der Waals surface area contributed by atoms with E-state index >= 15 is 0 Å². The average Bonchev–Trinajstić information content (AvgIpc) is 3.45. The Morgan fingerprint density at radius 2 is 1.96 bits per heavy atom. The summed E-state index contributed by atoms with van der Waals surface area (Å²) in [5.74, 6) is 2.33. The molecule has 140 valence electrons. The predicted octanol–water partition coefficient (Wildman–Crippen LogP) is 4.59. The number of fused-ring (bicyclic) bond motifs is 1. The summed E-state index contributed by atoms with van der Waals surface area (Å²) in [5.41, 5.74) is 3.11. The van der Waals surface area contributed by atoms with Crippen LogP contribution in [0.3, 0.4) is 0 Å². The average molecular weight is 372 g/mol. The van der Waals surface area contributed by atoms with Gasteiger partial charge in [0.15, 0.2) is 0 Å². The third-order valence-electron chi connectivity index (χ3n) is 5.29. The van der Waals surface area contributed by atoms with Gasteiger partial charge in [0.05, 0.1) is 17.4 Å². The number of carbonyl (C=O) groups is 1. The van der Waals surface area contributed by atoms with Crippen molar-refractivity contribution in [3.63, 3.8) is 0 Å². The highest BCUT2D eigenvalue weighted by Gasteiger charge is 2.23. The van der Waals surface area contributed by atoms with Crippen LogP contribution in [0, 0.1) is 5.92 Å². The lowest BCUT2D eigenvalue weighted by Gasteiger charge is -2.10. The highest BCUT2D eigenvalue weighted by atomic mass is 16.5. The van der Waals surface area contributed by atoms with E-state index in [9.17, 15) is 4.79 Å². The molecule has 1 fully saturated rings. The first-order valence-electron chi connectivity index (χ1n) is 9.49. The van der Waals surface area contributed by atoms with Crippen LogP contribution in [0.1, 0.15) is 19.3 Å². The maximum atomic E-state index is 11.5. The fourth-order valence-corrected chi connectivity index (χ4v) is 3.82.